The highest BCUT2D eigenvalue weighted by atomic mass is 16.6. The number of nitro benzene ring substituents is 1. The Morgan fingerprint density at radius 1 is 1.19 bits per heavy atom. The van der Waals surface area contributed by atoms with Gasteiger partial charge in [0.25, 0.3) is 17.5 Å². The molecule has 168 valence electrons. The van der Waals surface area contributed by atoms with Gasteiger partial charge in [-0.2, -0.15) is 5.26 Å². The molecular weight excluding hydrogens is 418 g/mol. The molecule has 1 fully saturated rings. The van der Waals surface area contributed by atoms with Gasteiger partial charge in [-0.3, -0.25) is 34.2 Å². The van der Waals surface area contributed by atoms with E-state index < -0.39 is 16.7 Å². The highest BCUT2D eigenvalue weighted by Crippen LogP contribution is 2.27. The molecule has 0 bridgehead atoms. The predicted molar refractivity (Wildman–Crippen MR) is 110 cm³/mol. The van der Waals surface area contributed by atoms with Gasteiger partial charge < -0.3 is 10.2 Å². The zero-order valence-corrected chi connectivity index (χ0v) is 17.4. The number of imide groups is 1. The van der Waals surface area contributed by atoms with Crippen LogP contribution in [0.2, 0.25) is 0 Å². The van der Waals surface area contributed by atoms with Gasteiger partial charge in [0.2, 0.25) is 11.8 Å². The summed E-state index contributed by atoms with van der Waals surface area (Å²) >= 11 is 0. The van der Waals surface area contributed by atoms with Crippen molar-refractivity contribution in [3.63, 3.8) is 0 Å². The molecule has 1 aromatic rings. The summed E-state index contributed by atoms with van der Waals surface area (Å²) in [4.78, 5) is 61.8. The van der Waals surface area contributed by atoms with E-state index in [1.807, 2.05) is 0 Å². The van der Waals surface area contributed by atoms with Crippen LogP contribution in [0, 0.1) is 27.4 Å². The van der Waals surface area contributed by atoms with Gasteiger partial charge >= 0.3 is 0 Å². The summed E-state index contributed by atoms with van der Waals surface area (Å²) in [7, 11) is 0. The van der Waals surface area contributed by atoms with Crippen LogP contribution in [0.4, 0.5) is 5.69 Å². The monoisotopic (exact) mass is 441 g/mol. The normalized spacial score (nSPS) is 16.0. The fourth-order valence-electron chi connectivity index (χ4n) is 3.92. The first-order valence-electron chi connectivity index (χ1n) is 10.4. The molecule has 32 heavy (non-hydrogen) atoms. The SMILES string of the molecule is N#CCC(=O)NCC1CCN(C(=O)CCCN2C(=O)c3ccc([N+](=O)[O-])cc3C2=O)CC1. The molecule has 0 aromatic heterocycles. The number of hydrogen-bond acceptors (Lipinski definition) is 7. The number of amides is 4. The van der Waals surface area contributed by atoms with Crippen molar-refractivity contribution in [1.29, 1.82) is 5.26 Å². The molecule has 0 aliphatic carbocycles. The molecule has 0 spiro atoms. The Hall–Kier alpha value is -3.81. The van der Waals surface area contributed by atoms with E-state index in [2.05, 4.69) is 5.32 Å². The molecule has 2 heterocycles. The number of carbonyl (C=O) groups excluding carboxylic acids is 4. The lowest BCUT2D eigenvalue weighted by atomic mass is 9.96. The van der Waals surface area contributed by atoms with Crippen molar-refractivity contribution in [2.75, 3.05) is 26.2 Å². The Kier molecular flexibility index (Phi) is 7.14. The average molecular weight is 441 g/mol. The number of benzene rings is 1. The van der Waals surface area contributed by atoms with Crippen LogP contribution in [0.15, 0.2) is 18.2 Å². The number of nitriles is 1. The van der Waals surface area contributed by atoms with Crippen molar-refractivity contribution >= 4 is 29.3 Å². The molecule has 0 atom stereocenters. The number of nitrogens with zero attached hydrogens (tertiary/aromatic N) is 4. The van der Waals surface area contributed by atoms with Crippen molar-refractivity contribution in [1.82, 2.24) is 15.1 Å². The third kappa shape index (κ3) is 5.08. The maximum Gasteiger partial charge on any atom is 0.270 e. The minimum atomic E-state index is -0.622. The number of nitro groups is 1. The van der Waals surface area contributed by atoms with E-state index in [9.17, 15) is 29.3 Å². The molecule has 1 aromatic carbocycles. The molecule has 0 saturated carbocycles. The van der Waals surface area contributed by atoms with Crippen LogP contribution >= 0.6 is 0 Å². The lowest BCUT2D eigenvalue weighted by molar-refractivity contribution is -0.384. The van der Waals surface area contributed by atoms with Crippen LogP contribution in [0.5, 0.6) is 0 Å². The topological polar surface area (TPSA) is 154 Å². The van der Waals surface area contributed by atoms with Gasteiger partial charge in [-0.15, -0.1) is 0 Å². The number of likely N-dealkylation sites (tertiary alicyclic amines) is 1. The van der Waals surface area contributed by atoms with E-state index in [4.69, 9.17) is 5.26 Å². The van der Waals surface area contributed by atoms with Gasteiger partial charge in [-0.05, 0) is 31.2 Å². The quantitative estimate of drug-likeness (QED) is 0.362. The fraction of sp³-hybridized carbons (Fsp3) is 0.476. The van der Waals surface area contributed by atoms with E-state index >= 15 is 0 Å². The molecule has 1 saturated heterocycles. The third-order valence-corrected chi connectivity index (χ3v) is 5.73. The number of nitrogens with one attached hydrogen (secondary N) is 1. The first-order chi connectivity index (χ1) is 15.3. The van der Waals surface area contributed by atoms with Gasteiger partial charge in [-0.25, -0.2) is 0 Å². The highest BCUT2D eigenvalue weighted by Gasteiger charge is 2.36. The molecule has 1 N–H and O–H groups in total. The second-order valence-corrected chi connectivity index (χ2v) is 7.82. The van der Waals surface area contributed by atoms with Crippen LogP contribution in [-0.4, -0.2) is 64.5 Å². The average Bonchev–Trinajstić information content (AvgIpc) is 3.02. The summed E-state index contributed by atoms with van der Waals surface area (Å²) < 4.78 is 0. The zero-order chi connectivity index (χ0) is 23.3. The molecule has 3 rings (SSSR count). The summed E-state index contributed by atoms with van der Waals surface area (Å²) in [6.45, 7) is 1.68. The first-order valence-corrected chi connectivity index (χ1v) is 10.4. The maximum atomic E-state index is 12.5. The van der Waals surface area contributed by atoms with Crippen molar-refractivity contribution < 1.29 is 24.1 Å². The lowest BCUT2D eigenvalue weighted by Crippen LogP contribution is -2.41. The Morgan fingerprint density at radius 3 is 2.53 bits per heavy atom. The molecule has 11 nitrogen and oxygen atoms in total. The van der Waals surface area contributed by atoms with Gasteiger partial charge in [-0.1, -0.05) is 0 Å². The largest absolute Gasteiger partial charge is 0.355 e. The summed E-state index contributed by atoms with van der Waals surface area (Å²) in [6.07, 6.45) is 1.81. The summed E-state index contributed by atoms with van der Waals surface area (Å²) in [5, 5.41) is 22.1. The van der Waals surface area contributed by atoms with Gasteiger partial charge in [0, 0.05) is 44.7 Å². The van der Waals surface area contributed by atoms with Crippen LogP contribution in [-0.2, 0) is 9.59 Å². The minimum Gasteiger partial charge on any atom is -0.355 e. The number of rotatable bonds is 8. The fourth-order valence-corrected chi connectivity index (χ4v) is 3.92. The van der Waals surface area contributed by atoms with Crippen LogP contribution < -0.4 is 5.32 Å². The number of non-ortho nitro benzene ring substituents is 1. The van der Waals surface area contributed by atoms with Crippen molar-refractivity contribution in [3.05, 3.63) is 39.4 Å². The zero-order valence-electron chi connectivity index (χ0n) is 17.4. The van der Waals surface area contributed by atoms with Crippen LogP contribution in [0.3, 0.4) is 0 Å². The van der Waals surface area contributed by atoms with Gasteiger partial charge in [0.1, 0.15) is 6.42 Å². The van der Waals surface area contributed by atoms with E-state index in [0.717, 1.165) is 23.8 Å². The Labute approximate surface area is 184 Å². The number of piperidine rings is 1. The summed E-state index contributed by atoms with van der Waals surface area (Å²) in [6, 6.07) is 5.38. The molecule has 0 unspecified atom stereocenters. The number of fused-ring (bicyclic) bond motifs is 1. The van der Waals surface area contributed by atoms with Gasteiger partial charge in [0.15, 0.2) is 0 Å². The molecule has 11 heteroatoms. The highest BCUT2D eigenvalue weighted by molar-refractivity contribution is 6.21. The summed E-state index contributed by atoms with van der Waals surface area (Å²) in [5.41, 5.74) is -0.106. The van der Waals surface area contributed by atoms with Crippen LogP contribution in [0.1, 0.15) is 52.8 Å². The minimum absolute atomic E-state index is 0.0134. The van der Waals surface area contributed by atoms with Crippen molar-refractivity contribution in [3.8, 4) is 6.07 Å². The first kappa shape index (κ1) is 22.9. The van der Waals surface area contributed by atoms with Crippen LogP contribution in [0.25, 0.3) is 0 Å². The molecule has 0 radical (unpaired) electrons. The van der Waals surface area contributed by atoms with E-state index in [1.54, 1.807) is 11.0 Å². The van der Waals surface area contributed by atoms with E-state index in [1.165, 1.54) is 12.1 Å². The number of carbonyl (C=O) groups is 4. The standard InChI is InChI=1S/C21H23N5O6/c22-8-5-18(27)23-13-14-6-10-24(11-7-14)19(28)2-1-9-25-20(29)16-4-3-15(26(31)32)12-17(16)21(25)30/h3-4,12,14H,1-2,5-7,9-11,13H2,(H,23,27). The maximum absolute atomic E-state index is 12.5. The smallest absolute Gasteiger partial charge is 0.270 e. The lowest BCUT2D eigenvalue weighted by Gasteiger charge is -2.32. The second-order valence-electron chi connectivity index (χ2n) is 7.82. The number of hydrogen-bond donors (Lipinski definition) is 1. The van der Waals surface area contributed by atoms with Crippen molar-refractivity contribution in [2.24, 2.45) is 5.92 Å². The molecular formula is C21H23N5O6. The van der Waals surface area contributed by atoms with E-state index in [-0.39, 0.29) is 53.9 Å². The summed E-state index contributed by atoms with van der Waals surface area (Å²) in [5.74, 6) is -1.20. The molecule has 4 amide bonds. The second kappa shape index (κ2) is 10.00. The Bertz CT molecular complexity index is 993. The third-order valence-electron chi connectivity index (χ3n) is 5.73. The Morgan fingerprint density at radius 2 is 1.88 bits per heavy atom. The Balaban J connectivity index is 1.43. The molecule has 2 aliphatic heterocycles. The predicted octanol–water partition coefficient (Wildman–Crippen LogP) is 1.24. The van der Waals surface area contributed by atoms with Crippen molar-refractivity contribution in [2.45, 2.75) is 32.1 Å². The van der Waals surface area contributed by atoms with Gasteiger partial charge in [0.05, 0.1) is 22.1 Å². The molecule has 2 aliphatic rings. The van der Waals surface area contributed by atoms with E-state index in [0.29, 0.717) is 26.1 Å².